The molecule has 0 aromatic carbocycles. The third-order valence-electron chi connectivity index (χ3n) is 9.59. The molecule has 0 aliphatic heterocycles. The van der Waals surface area contributed by atoms with Gasteiger partial charge in [0.15, 0.2) is 0 Å². The number of esters is 1. The lowest BCUT2D eigenvalue weighted by molar-refractivity contribution is -0.251. The van der Waals surface area contributed by atoms with Crippen LogP contribution in [0.1, 0.15) is 79.1 Å². The predicted octanol–water partition coefficient (Wildman–Crippen LogP) is 4.23. The standard InChI is InChI=1S/C23H35FO4/c1-13(25)17-5-6-18-16-11-20(24)23(27)12-15(28-14(2)26)7-10-22(23,4)19(16)8-9-21(17,18)3/h15-20,27H,5-12H2,1-4H3/t15?,16?,17?,18?,19?,20?,21?,22?,23-/m0/s1. The minimum Gasteiger partial charge on any atom is -0.462 e. The molecule has 9 atom stereocenters. The molecule has 8 unspecified atom stereocenters. The molecule has 4 aliphatic carbocycles. The third kappa shape index (κ3) is 2.64. The van der Waals surface area contributed by atoms with Gasteiger partial charge in [-0.2, -0.15) is 0 Å². The number of alkyl halides is 1. The molecular formula is C23H35FO4. The summed E-state index contributed by atoms with van der Waals surface area (Å²) in [6, 6.07) is 0. The molecular weight excluding hydrogens is 359 g/mol. The van der Waals surface area contributed by atoms with Crippen molar-refractivity contribution in [3.05, 3.63) is 0 Å². The Balaban J connectivity index is 1.63. The maximum Gasteiger partial charge on any atom is 0.302 e. The highest BCUT2D eigenvalue weighted by molar-refractivity contribution is 5.79. The number of rotatable bonds is 2. The zero-order valence-electron chi connectivity index (χ0n) is 17.7. The Kier molecular flexibility index (Phi) is 4.73. The number of ether oxygens (including phenoxy) is 1. The highest BCUT2D eigenvalue weighted by atomic mass is 19.1. The highest BCUT2D eigenvalue weighted by Crippen LogP contribution is 2.68. The summed E-state index contributed by atoms with van der Waals surface area (Å²) in [7, 11) is 0. The van der Waals surface area contributed by atoms with E-state index in [1.54, 1.807) is 6.92 Å². The van der Waals surface area contributed by atoms with Gasteiger partial charge in [0.1, 0.15) is 23.7 Å². The summed E-state index contributed by atoms with van der Waals surface area (Å²) in [5.74, 6) is 0.882. The van der Waals surface area contributed by atoms with Gasteiger partial charge in [-0.25, -0.2) is 4.39 Å². The van der Waals surface area contributed by atoms with Gasteiger partial charge in [-0.05, 0) is 75.0 Å². The molecule has 28 heavy (non-hydrogen) atoms. The number of hydrogen-bond acceptors (Lipinski definition) is 4. The molecule has 4 rings (SSSR count). The van der Waals surface area contributed by atoms with E-state index in [-0.39, 0.29) is 41.3 Å². The monoisotopic (exact) mass is 394 g/mol. The van der Waals surface area contributed by atoms with Crippen molar-refractivity contribution in [2.45, 2.75) is 96.9 Å². The number of aliphatic hydroxyl groups is 1. The first-order valence-electron chi connectivity index (χ1n) is 11.1. The second-order valence-corrected chi connectivity index (χ2v) is 10.7. The van der Waals surface area contributed by atoms with E-state index >= 15 is 4.39 Å². The Labute approximate surface area is 167 Å². The van der Waals surface area contributed by atoms with Gasteiger partial charge in [0.05, 0.1) is 0 Å². The summed E-state index contributed by atoms with van der Waals surface area (Å²) in [5.41, 5.74) is -1.95. The van der Waals surface area contributed by atoms with E-state index < -0.39 is 23.3 Å². The summed E-state index contributed by atoms with van der Waals surface area (Å²) in [4.78, 5) is 23.6. The van der Waals surface area contributed by atoms with E-state index in [9.17, 15) is 14.7 Å². The molecule has 0 amide bonds. The van der Waals surface area contributed by atoms with Crippen LogP contribution in [0.25, 0.3) is 0 Å². The summed E-state index contributed by atoms with van der Waals surface area (Å²) < 4.78 is 21.0. The number of hydrogen-bond donors (Lipinski definition) is 1. The number of halogens is 1. The van der Waals surface area contributed by atoms with Gasteiger partial charge in [0.25, 0.3) is 0 Å². The van der Waals surface area contributed by atoms with E-state index in [0.717, 1.165) is 25.7 Å². The van der Waals surface area contributed by atoms with Crippen LogP contribution in [0, 0.1) is 34.5 Å². The molecule has 0 spiro atoms. The Morgan fingerprint density at radius 3 is 2.39 bits per heavy atom. The van der Waals surface area contributed by atoms with Crippen LogP contribution in [0.5, 0.6) is 0 Å². The SMILES string of the molecule is CC(=O)OC1CCC2(C)C3CCC4(C)C(C(C)=O)CCC4C3CC(F)[C@@]2(O)C1. The summed E-state index contributed by atoms with van der Waals surface area (Å²) in [5, 5.41) is 11.6. The third-order valence-corrected chi connectivity index (χ3v) is 9.59. The number of carbonyl (C=O) groups excluding carboxylic acids is 2. The Hall–Kier alpha value is -0.970. The van der Waals surface area contributed by atoms with Gasteiger partial charge in [0, 0.05) is 24.7 Å². The molecule has 4 nitrogen and oxygen atoms in total. The van der Waals surface area contributed by atoms with Gasteiger partial charge < -0.3 is 9.84 Å². The van der Waals surface area contributed by atoms with Crippen LogP contribution in [0.3, 0.4) is 0 Å². The smallest absolute Gasteiger partial charge is 0.302 e. The molecule has 4 fully saturated rings. The summed E-state index contributed by atoms with van der Waals surface area (Å²) >= 11 is 0. The molecule has 0 aromatic heterocycles. The first-order valence-corrected chi connectivity index (χ1v) is 11.1. The Morgan fingerprint density at radius 2 is 1.75 bits per heavy atom. The van der Waals surface area contributed by atoms with Crippen LogP contribution in [0.4, 0.5) is 4.39 Å². The lowest BCUT2D eigenvalue weighted by atomic mass is 9.42. The molecule has 0 heterocycles. The van der Waals surface area contributed by atoms with Crippen LogP contribution in [-0.4, -0.2) is 34.7 Å². The van der Waals surface area contributed by atoms with E-state index in [1.165, 1.54) is 6.92 Å². The number of carbonyl (C=O) groups is 2. The predicted molar refractivity (Wildman–Crippen MR) is 103 cm³/mol. The van der Waals surface area contributed by atoms with Gasteiger partial charge in [-0.1, -0.05) is 13.8 Å². The Bertz CT molecular complexity index is 680. The fourth-order valence-electron chi connectivity index (χ4n) is 8.20. The first-order chi connectivity index (χ1) is 13.0. The lowest BCUT2D eigenvalue weighted by Gasteiger charge is -2.64. The minimum absolute atomic E-state index is 0.0204. The van der Waals surface area contributed by atoms with Gasteiger partial charge >= 0.3 is 5.97 Å². The number of ketones is 1. The minimum atomic E-state index is -1.43. The second kappa shape index (κ2) is 6.52. The van der Waals surface area contributed by atoms with E-state index in [0.29, 0.717) is 25.2 Å². The molecule has 0 bridgehead atoms. The Morgan fingerprint density at radius 1 is 1.04 bits per heavy atom. The normalized spacial score (nSPS) is 52.9. The molecule has 158 valence electrons. The molecule has 1 N–H and O–H groups in total. The van der Waals surface area contributed by atoms with Crippen LogP contribution < -0.4 is 0 Å². The largest absolute Gasteiger partial charge is 0.462 e. The van der Waals surface area contributed by atoms with Crippen molar-refractivity contribution in [1.82, 2.24) is 0 Å². The average molecular weight is 395 g/mol. The average Bonchev–Trinajstić information content (AvgIpc) is 2.95. The summed E-state index contributed by atoms with van der Waals surface area (Å²) in [6.07, 6.45) is 4.09. The van der Waals surface area contributed by atoms with Crippen molar-refractivity contribution < 1.29 is 23.8 Å². The van der Waals surface area contributed by atoms with Crippen molar-refractivity contribution in [3.8, 4) is 0 Å². The zero-order valence-corrected chi connectivity index (χ0v) is 17.7. The highest BCUT2D eigenvalue weighted by Gasteiger charge is 2.68. The van der Waals surface area contributed by atoms with Gasteiger partial charge in [0.2, 0.25) is 0 Å². The molecule has 5 heteroatoms. The van der Waals surface area contributed by atoms with Crippen molar-refractivity contribution in [2.75, 3.05) is 0 Å². The number of fused-ring (bicyclic) bond motifs is 5. The quantitative estimate of drug-likeness (QED) is 0.712. The molecule has 0 radical (unpaired) electrons. The fraction of sp³-hybridized carbons (Fsp3) is 0.913. The molecule has 4 aliphatic rings. The lowest BCUT2D eigenvalue weighted by Crippen LogP contribution is -2.67. The molecule has 0 aromatic rings. The van der Waals surface area contributed by atoms with Crippen molar-refractivity contribution in [3.63, 3.8) is 0 Å². The fourth-order valence-corrected chi connectivity index (χ4v) is 8.20. The molecule has 4 saturated carbocycles. The maximum atomic E-state index is 15.6. The topological polar surface area (TPSA) is 63.6 Å². The van der Waals surface area contributed by atoms with Gasteiger partial charge in [-0.15, -0.1) is 0 Å². The van der Waals surface area contributed by atoms with Crippen molar-refractivity contribution in [2.24, 2.45) is 34.5 Å². The van der Waals surface area contributed by atoms with Crippen molar-refractivity contribution in [1.29, 1.82) is 0 Å². The van der Waals surface area contributed by atoms with E-state index in [4.69, 9.17) is 4.74 Å². The van der Waals surface area contributed by atoms with Crippen LogP contribution in [0.15, 0.2) is 0 Å². The van der Waals surface area contributed by atoms with Crippen LogP contribution >= 0.6 is 0 Å². The van der Waals surface area contributed by atoms with Gasteiger partial charge in [-0.3, -0.25) is 9.59 Å². The van der Waals surface area contributed by atoms with E-state index in [2.05, 4.69) is 13.8 Å². The van der Waals surface area contributed by atoms with E-state index in [1.807, 2.05) is 0 Å². The first kappa shape index (κ1) is 20.3. The summed E-state index contributed by atoms with van der Waals surface area (Å²) in [6.45, 7) is 7.40. The number of Topliss-reactive ketones (excluding diaryl/α,β-unsaturated/α-hetero) is 1. The van der Waals surface area contributed by atoms with Crippen LogP contribution in [0.2, 0.25) is 0 Å². The molecule has 0 saturated heterocycles. The zero-order chi connectivity index (χ0) is 20.5. The van der Waals surface area contributed by atoms with Crippen molar-refractivity contribution >= 4 is 11.8 Å². The second-order valence-electron chi connectivity index (χ2n) is 10.7. The van der Waals surface area contributed by atoms with Crippen LogP contribution in [-0.2, 0) is 14.3 Å². The maximum absolute atomic E-state index is 15.6.